The van der Waals surface area contributed by atoms with Crippen LogP contribution in [0.4, 0.5) is 0 Å². The summed E-state index contributed by atoms with van der Waals surface area (Å²) in [4.78, 5) is 8.49. The van der Waals surface area contributed by atoms with Gasteiger partial charge >= 0.3 is 0 Å². The maximum atomic E-state index is 12.3. The topological polar surface area (TPSA) is 83.3 Å². The van der Waals surface area contributed by atoms with E-state index in [0.717, 1.165) is 16.8 Å². The van der Waals surface area contributed by atoms with Crippen molar-refractivity contribution in [2.45, 2.75) is 24.5 Å². The van der Waals surface area contributed by atoms with Crippen LogP contribution in [0.2, 0.25) is 0 Å². The number of ether oxygens (including phenoxy) is 1. The summed E-state index contributed by atoms with van der Waals surface area (Å²) in [7, 11) is -3.82. The van der Waals surface area contributed by atoms with Crippen LogP contribution in [-0.4, -0.2) is 35.7 Å². The van der Waals surface area contributed by atoms with E-state index in [-0.39, 0.29) is 11.5 Å². The van der Waals surface area contributed by atoms with E-state index < -0.39 is 16.2 Å². The summed E-state index contributed by atoms with van der Waals surface area (Å²) >= 11 is 0. The fourth-order valence-electron chi connectivity index (χ4n) is 2.79. The number of benzene rings is 1. The van der Waals surface area contributed by atoms with E-state index in [1.54, 1.807) is 30.7 Å². The molecule has 134 valence electrons. The van der Waals surface area contributed by atoms with E-state index >= 15 is 0 Å². The molecule has 8 heteroatoms. The van der Waals surface area contributed by atoms with Crippen molar-refractivity contribution in [3.05, 3.63) is 60.6 Å². The lowest BCUT2D eigenvalue weighted by Gasteiger charge is -2.11. The lowest BCUT2D eigenvalue weighted by atomic mass is 10.2. The van der Waals surface area contributed by atoms with Gasteiger partial charge in [-0.25, -0.2) is 4.98 Å². The summed E-state index contributed by atoms with van der Waals surface area (Å²) in [6.07, 6.45) is 4.74. The number of nitrogens with zero attached hydrogens (tertiary/aromatic N) is 3. The predicted molar refractivity (Wildman–Crippen MR) is 94.2 cm³/mol. The molecular formula is C18H17N3O4S. The highest BCUT2D eigenvalue weighted by Gasteiger charge is 2.29. The Morgan fingerprint density at radius 1 is 1.23 bits per heavy atom. The van der Waals surface area contributed by atoms with Gasteiger partial charge in [0, 0.05) is 18.0 Å². The van der Waals surface area contributed by atoms with Crippen molar-refractivity contribution >= 4 is 10.1 Å². The molecule has 2 aromatic heterocycles. The van der Waals surface area contributed by atoms with E-state index in [9.17, 15) is 8.42 Å². The van der Waals surface area contributed by atoms with Gasteiger partial charge in [-0.1, -0.05) is 17.7 Å². The Balaban J connectivity index is 1.45. The average molecular weight is 371 g/mol. The second-order valence-corrected chi connectivity index (χ2v) is 7.69. The number of fused-ring (bicyclic) bond motifs is 1. The lowest BCUT2D eigenvalue weighted by molar-refractivity contribution is 0.147. The first-order chi connectivity index (χ1) is 12.5. The quantitative estimate of drug-likeness (QED) is 0.641. The molecule has 0 spiro atoms. The monoisotopic (exact) mass is 371 g/mol. The van der Waals surface area contributed by atoms with Crippen LogP contribution >= 0.6 is 0 Å². The molecule has 1 unspecified atom stereocenters. The SMILES string of the molecule is Cc1ccc(S(=O)(=O)OCC2Cn3c(-c4cccnc4)cnc3O2)cc1. The zero-order chi connectivity index (χ0) is 18.1. The van der Waals surface area contributed by atoms with E-state index in [1.807, 2.05) is 23.6 Å². The van der Waals surface area contributed by atoms with Crippen molar-refractivity contribution in [1.29, 1.82) is 0 Å². The number of pyridine rings is 1. The highest BCUT2D eigenvalue weighted by Crippen LogP contribution is 2.29. The molecule has 1 atom stereocenters. The molecule has 1 aliphatic heterocycles. The van der Waals surface area contributed by atoms with Crippen LogP contribution in [0, 0.1) is 6.92 Å². The highest BCUT2D eigenvalue weighted by atomic mass is 32.2. The third-order valence-electron chi connectivity index (χ3n) is 4.15. The molecule has 3 heterocycles. The van der Waals surface area contributed by atoms with Gasteiger partial charge in [-0.3, -0.25) is 13.7 Å². The first kappa shape index (κ1) is 16.7. The van der Waals surface area contributed by atoms with Gasteiger partial charge < -0.3 is 4.74 Å². The third-order valence-corrected chi connectivity index (χ3v) is 5.45. The van der Waals surface area contributed by atoms with Crippen LogP contribution in [0.1, 0.15) is 5.56 Å². The minimum absolute atomic E-state index is 0.0773. The summed E-state index contributed by atoms with van der Waals surface area (Å²) in [5.41, 5.74) is 2.78. The third kappa shape index (κ3) is 3.21. The number of aryl methyl sites for hydroxylation is 1. The molecule has 26 heavy (non-hydrogen) atoms. The van der Waals surface area contributed by atoms with Gasteiger partial charge in [0.2, 0.25) is 0 Å². The van der Waals surface area contributed by atoms with Gasteiger partial charge in [-0.2, -0.15) is 8.42 Å². The number of hydrogen-bond donors (Lipinski definition) is 0. The second kappa shape index (κ2) is 6.54. The van der Waals surface area contributed by atoms with E-state index in [4.69, 9.17) is 8.92 Å². The van der Waals surface area contributed by atoms with Crippen LogP contribution in [0.25, 0.3) is 11.3 Å². The van der Waals surface area contributed by atoms with Gasteiger partial charge in [-0.15, -0.1) is 0 Å². The lowest BCUT2D eigenvalue weighted by Crippen LogP contribution is -2.24. The number of imidazole rings is 1. The zero-order valence-corrected chi connectivity index (χ0v) is 14.9. The molecular weight excluding hydrogens is 354 g/mol. The fraction of sp³-hybridized carbons (Fsp3) is 0.222. The first-order valence-electron chi connectivity index (χ1n) is 8.11. The Kier molecular flexibility index (Phi) is 4.21. The Morgan fingerprint density at radius 3 is 2.77 bits per heavy atom. The Labute approximate surface area is 151 Å². The summed E-state index contributed by atoms with van der Waals surface area (Å²) in [6, 6.07) is 10.8. The first-order valence-corrected chi connectivity index (χ1v) is 9.52. The molecule has 0 amide bonds. The molecule has 0 saturated heterocycles. The number of aromatic nitrogens is 3. The van der Waals surface area contributed by atoms with Crippen molar-refractivity contribution < 1.29 is 17.3 Å². The van der Waals surface area contributed by atoms with Crippen molar-refractivity contribution in [3.8, 4) is 17.3 Å². The van der Waals surface area contributed by atoms with E-state index in [1.165, 1.54) is 12.1 Å². The maximum absolute atomic E-state index is 12.3. The van der Waals surface area contributed by atoms with Crippen molar-refractivity contribution in [3.63, 3.8) is 0 Å². The van der Waals surface area contributed by atoms with Gasteiger partial charge in [0.15, 0.2) is 0 Å². The van der Waals surface area contributed by atoms with Crippen LogP contribution in [0.15, 0.2) is 59.9 Å². The molecule has 3 aromatic rings. The summed E-state index contributed by atoms with van der Waals surface area (Å²) < 4.78 is 37.4. The molecule has 0 saturated carbocycles. The van der Waals surface area contributed by atoms with Crippen molar-refractivity contribution in [2.75, 3.05) is 6.61 Å². The number of rotatable bonds is 5. The van der Waals surface area contributed by atoms with Crippen LogP contribution < -0.4 is 4.74 Å². The van der Waals surface area contributed by atoms with Gasteiger partial charge in [0.05, 0.1) is 23.3 Å². The molecule has 0 bridgehead atoms. The molecule has 0 radical (unpaired) electrons. The molecule has 1 aliphatic rings. The Bertz CT molecular complexity index is 1010. The maximum Gasteiger partial charge on any atom is 0.297 e. The highest BCUT2D eigenvalue weighted by molar-refractivity contribution is 7.86. The summed E-state index contributed by atoms with van der Waals surface area (Å²) in [5.74, 6) is 0. The standard InChI is InChI=1S/C18H17N3O4S/c1-13-4-6-16(7-5-13)26(22,23)24-12-15-11-21-17(10-20-18(21)25-15)14-3-2-8-19-9-14/h2-10,15H,11-12H2,1H3. The minimum atomic E-state index is -3.82. The molecule has 1 aromatic carbocycles. The van der Waals surface area contributed by atoms with Crippen LogP contribution in [-0.2, 0) is 20.8 Å². The predicted octanol–water partition coefficient (Wildman–Crippen LogP) is 2.42. The van der Waals surface area contributed by atoms with Gasteiger partial charge in [0.25, 0.3) is 16.1 Å². The van der Waals surface area contributed by atoms with Crippen LogP contribution in [0.3, 0.4) is 0 Å². The average Bonchev–Trinajstić information content (AvgIpc) is 3.21. The smallest absolute Gasteiger partial charge is 0.297 e. The van der Waals surface area contributed by atoms with Crippen LogP contribution in [0.5, 0.6) is 6.01 Å². The molecule has 0 aliphatic carbocycles. The number of hydrogen-bond acceptors (Lipinski definition) is 6. The Hall–Kier alpha value is -2.71. The normalized spacial score (nSPS) is 16.3. The summed E-state index contributed by atoms with van der Waals surface area (Å²) in [5, 5.41) is 0. The van der Waals surface area contributed by atoms with E-state index in [0.29, 0.717) is 12.6 Å². The van der Waals surface area contributed by atoms with Gasteiger partial charge in [0.1, 0.15) is 12.7 Å². The summed E-state index contributed by atoms with van der Waals surface area (Å²) in [6.45, 7) is 2.28. The zero-order valence-electron chi connectivity index (χ0n) is 14.1. The van der Waals surface area contributed by atoms with Crippen molar-refractivity contribution in [1.82, 2.24) is 14.5 Å². The minimum Gasteiger partial charge on any atom is -0.457 e. The molecule has 4 rings (SSSR count). The molecule has 0 N–H and O–H groups in total. The molecule has 7 nitrogen and oxygen atoms in total. The second-order valence-electron chi connectivity index (χ2n) is 6.07. The Morgan fingerprint density at radius 2 is 2.04 bits per heavy atom. The molecule has 0 fully saturated rings. The van der Waals surface area contributed by atoms with Crippen molar-refractivity contribution in [2.24, 2.45) is 0 Å². The van der Waals surface area contributed by atoms with E-state index in [2.05, 4.69) is 9.97 Å². The van der Waals surface area contributed by atoms with Gasteiger partial charge in [-0.05, 0) is 31.2 Å². The largest absolute Gasteiger partial charge is 0.457 e. The fourth-order valence-corrected chi connectivity index (χ4v) is 3.73.